The Balaban J connectivity index is 1.74. The van der Waals surface area contributed by atoms with Gasteiger partial charge in [0, 0.05) is 47.5 Å². The third-order valence-corrected chi connectivity index (χ3v) is 5.43. The van der Waals surface area contributed by atoms with Crippen molar-refractivity contribution in [2.75, 3.05) is 24.1 Å². The van der Waals surface area contributed by atoms with Gasteiger partial charge in [0.1, 0.15) is 0 Å². The maximum absolute atomic E-state index is 11.7. The summed E-state index contributed by atoms with van der Waals surface area (Å²) in [6.07, 6.45) is 6.32. The topological polar surface area (TPSA) is 95.1 Å². The number of aromatic nitrogens is 1. The number of nitrogen functional groups attached to an aromatic ring is 1. The first-order chi connectivity index (χ1) is 14.0. The summed E-state index contributed by atoms with van der Waals surface area (Å²) < 4.78 is 0. The Morgan fingerprint density at radius 3 is 2.79 bits per heavy atom. The number of carbonyl (C=O) groups is 1. The highest BCUT2D eigenvalue weighted by Crippen LogP contribution is 2.37. The number of hydrogen-bond donors (Lipinski definition) is 3. The number of anilines is 2. The van der Waals surface area contributed by atoms with Gasteiger partial charge in [-0.3, -0.25) is 9.78 Å². The first kappa shape index (κ1) is 18.7. The van der Waals surface area contributed by atoms with Crippen LogP contribution < -0.4 is 11.1 Å². The third-order valence-electron chi connectivity index (χ3n) is 5.43. The van der Waals surface area contributed by atoms with Crippen LogP contribution in [0.15, 0.2) is 55.4 Å². The van der Waals surface area contributed by atoms with Crippen LogP contribution in [-0.2, 0) is 4.79 Å². The van der Waals surface area contributed by atoms with Crippen LogP contribution >= 0.6 is 0 Å². The largest absolute Gasteiger partial charge is 0.398 e. The number of nitrogens with one attached hydrogen (secondary N) is 2. The van der Waals surface area contributed by atoms with E-state index < -0.39 is 0 Å². The molecular formula is C23H23N5O. The lowest BCUT2D eigenvalue weighted by Crippen LogP contribution is -2.56. The van der Waals surface area contributed by atoms with Gasteiger partial charge in [-0.25, -0.2) is 0 Å². The molecule has 0 radical (unpaired) electrons. The molecule has 1 aromatic heterocycles. The van der Waals surface area contributed by atoms with E-state index >= 15 is 0 Å². The zero-order valence-corrected chi connectivity index (χ0v) is 16.3. The van der Waals surface area contributed by atoms with Crippen molar-refractivity contribution in [3.8, 4) is 11.1 Å². The molecule has 0 spiro atoms. The van der Waals surface area contributed by atoms with Crippen LogP contribution in [0.25, 0.3) is 21.9 Å². The van der Waals surface area contributed by atoms with Gasteiger partial charge in [0.05, 0.1) is 17.9 Å². The number of aryl methyl sites for hydroxylation is 1. The van der Waals surface area contributed by atoms with Crippen molar-refractivity contribution >= 4 is 34.3 Å². The molecule has 0 atom stereocenters. The lowest BCUT2D eigenvalue weighted by Gasteiger charge is -2.39. The Morgan fingerprint density at radius 1 is 1.28 bits per heavy atom. The Bertz CT molecular complexity index is 1130. The number of hydrogen-bond acceptors (Lipinski definition) is 5. The van der Waals surface area contributed by atoms with Crippen molar-refractivity contribution in [2.24, 2.45) is 0 Å². The number of carbonyl (C=O) groups excluding carboxylic acids is 1. The van der Waals surface area contributed by atoms with Gasteiger partial charge in [-0.15, -0.1) is 0 Å². The molecule has 4 N–H and O–H groups in total. The molecule has 0 bridgehead atoms. The number of rotatable bonds is 5. The van der Waals surface area contributed by atoms with E-state index in [1.54, 1.807) is 4.90 Å². The smallest absolute Gasteiger partial charge is 0.246 e. The molecule has 29 heavy (non-hydrogen) atoms. The number of nitrogens with two attached hydrogens (primary N) is 1. The highest BCUT2D eigenvalue weighted by Gasteiger charge is 2.29. The van der Waals surface area contributed by atoms with E-state index in [4.69, 9.17) is 11.1 Å². The molecule has 0 unspecified atom stereocenters. The molecule has 2 heterocycles. The molecule has 0 saturated carbocycles. The summed E-state index contributed by atoms with van der Waals surface area (Å²) in [5, 5.41) is 13.4. The second-order valence-electron chi connectivity index (χ2n) is 7.28. The van der Waals surface area contributed by atoms with Crippen LogP contribution in [0.5, 0.6) is 0 Å². The van der Waals surface area contributed by atoms with Crippen LogP contribution in [-0.4, -0.2) is 41.1 Å². The fourth-order valence-electron chi connectivity index (χ4n) is 3.88. The standard InChI is InChI=1S/C23H23N5O/c1-3-22(29)28-12-15(13-28)27-21-11-26-10-19-16(21)5-4-6-17(19)23-14(2)7-8-20(25)18(23)9-24/h3-11,15,24,27H,1,12-13,25H2,2H3. The van der Waals surface area contributed by atoms with E-state index in [-0.39, 0.29) is 11.9 Å². The first-order valence-corrected chi connectivity index (χ1v) is 9.48. The molecule has 0 aliphatic carbocycles. The third kappa shape index (κ3) is 3.23. The first-order valence-electron chi connectivity index (χ1n) is 9.48. The molecule has 6 heteroatoms. The van der Waals surface area contributed by atoms with Crippen molar-refractivity contribution in [3.05, 3.63) is 66.5 Å². The fraction of sp³-hybridized carbons (Fsp3) is 0.174. The molecule has 1 fully saturated rings. The number of benzene rings is 2. The molecule has 2 aromatic carbocycles. The Morgan fingerprint density at radius 2 is 2.07 bits per heavy atom. The molecule has 6 nitrogen and oxygen atoms in total. The number of likely N-dealkylation sites (tertiary alicyclic amines) is 1. The lowest BCUT2D eigenvalue weighted by atomic mass is 9.91. The maximum atomic E-state index is 11.7. The maximum Gasteiger partial charge on any atom is 0.246 e. The molecule has 1 amide bonds. The Kier molecular flexibility index (Phi) is 4.76. The quantitative estimate of drug-likeness (QED) is 0.355. The van der Waals surface area contributed by atoms with Crippen LogP contribution in [0.4, 0.5) is 11.4 Å². The van der Waals surface area contributed by atoms with E-state index in [1.165, 1.54) is 12.3 Å². The zero-order chi connectivity index (χ0) is 20.5. The normalized spacial score (nSPS) is 13.8. The van der Waals surface area contributed by atoms with E-state index in [1.807, 2.05) is 43.6 Å². The van der Waals surface area contributed by atoms with E-state index in [9.17, 15) is 4.79 Å². The number of fused-ring (bicyclic) bond motifs is 1. The summed E-state index contributed by atoms with van der Waals surface area (Å²) in [6.45, 7) is 6.85. The van der Waals surface area contributed by atoms with Crippen LogP contribution in [0.2, 0.25) is 0 Å². The molecular weight excluding hydrogens is 362 g/mol. The average Bonchev–Trinajstić information content (AvgIpc) is 2.71. The lowest BCUT2D eigenvalue weighted by molar-refractivity contribution is -0.129. The number of pyridine rings is 1. The average molecular weight is 385 g/mol. The summed E-state index contributed by atoms with van der Waals surface area (Å²) in [5.74, 6) is -0.0438. The molecule has 1 saturated heterocycles. The van der Waals surface area contributed by atoms with Crippen molar-refractivity contribution < 1.29 is 4.79 Å². The van der Waals surface area contributed by atoms with Gasteiger partial charge in [-0.05, 0) is 35.8 Å². The van der Waals surface area contributed by atoms with Crippen molar-refractivity contribution in [2.45, 2.75) is 13.0 Å². The highest BCUT2D eigenvalue weighted by atomic mass is 16.2. The van der Waals surface area contributed by atoms with Gasteiger partial charge in [-0.2, -0.15) is 0 Å². The second kappa shape index (κ2) is 7.39. The van der Waals surface area contributed by atoms with E-state index in [0.29, 0.717) is 24.3 Å². The predicted molar refractivity (Wildman–Crippen MR) is 118 cm³/mol. The van der Waals surface area contributed by atoms with Gasteiger partial charge >= 0.3 is 0 Å². The van der Waals surface area contributed by atoms with Crippen molar-refractivity contribution in [1.82, 2.24) is 9.88 Å². The summed E-state index contributed by atoms with van der Waals surface area (Å²) in [5.41, 5.74) is 11.4. The zero-order valence-electron chi connectivity index (χ0n) is 16.3. The summed E-state index contributed by atoms with van der Waals surface area (Å²) in [7, 11) is 0. The number of nitrogens with zero attached hydrogens (tertiary/aromatic N) is 2. The molecule has 3 aromatic rings. The summed E-state index contributed by atoms with van der Waals surface area (Å²) >= 11 is 0. The van der Waals surface area contributed by atoms with E-state index in [0.717, 1.165) is 33.2 Å². The summed E-state index contributed by atoms with van der Waals surface area (Å²) in [6, 6.07) is 10.1. The Labute approximate surface area is 169 Å². The highest BCUT2D eigenvalue weighted by molar-refractivity contribution is 6.07. The van der Waals surface area contributed by atoms with Crippen LogP contribution in [0, 0.1) is 12.3 Å². The summed E-state index contributed by atoms with van der Waals surface area (Å²) in [4.78, 5) is 17.9. The van der Waals surface area contributed by atoms with Gasteiger partial charge in [0.25, 0.3) is 0 Å². The van der Waals surface area contributed by atoms with E-state index in [2.05, 4.69) is 22.9 Å². The van der Waals surface area contributed by atoms with Crippen molar-refractivity contribution in [3.63, 3.8) is 0 Å². The van der Waals surface area contributed by atoms with Gasteiger partial charge < -0.3 is 21.4 Å². The molecule has 146 valence electrons. The van der Waals surface area contributed by atoms with Crippen molar-refractivity contribution in [1.29, 1.82) is 5.41 Å². The van der Waals surface area contributed by atoms with Gasteiger partial charge in [0.15, 0.2) is 0 Å². The fourth-order valence-corrected chi connectivity index (χ4v) is 3.88. The van der Waals surface area contributed by atoms with Gasteiger partial charge in [-0.1, -0.05) is 30.8 Å². The molecule has 1 aliphatic heterocycles. The monoisotopic (exact) mass is 385 g/mol. The minimum Gasteiger partial charge on any atom is -0.398 e. The molecule has 4 rings (SSSR count). The molecule has 1 aliphatic rings. The Hall–Kier alpha value is -3.67. The van der Waals surface area contributed by atoms with Gasteiger partial charge in [0.2, 0.25) is 5.91 Å². The SMILES string of the molecule is C=CC(=O)N1CC(Nc2cncc3c(-c4c(C)ccc(N)c4C=N)cccc23)C1. The minimum atomic E-state index is -0.0438. The van der Waals surface area contributed by atoms with Crippen LogP contribution in [0.3, 0.4) is 0 Å². The van der Waals surface area contributed by atoms with Crippen LogP contribution in [0.1, 0.15) is 11.1 Å². The predicted octanol–water partition coefficient (Wildman–Crippen LogP) is 3.60. The minimum absolute atomic E-state index is 0.0438. The number of amides is 1. The second-order valence-corrected chi connectivity index (χ2v) is 7.28.